The molecule has 0 fully saturated rings. The van der Waals surface area contributed by atoms with Crippen molar-refractivity contribution in [3.63, 3.8) is 0 Å². The molecule has 0 atom stereocenters. The van der Waals surface area contributed by atoms with Crippen molar-refractivity contribution in [2.75, 3.05) is 5.75 Å². The first-order chi connectivity index (χ1) is 17.1. The monoisotopic (exact) mass is 493 g/mol. The molecule has 1 amide bonds. The van der Waals surface area contributed by atoms with Gasteiger partial charge in [0.15, 0.2) is 5.65 Å². The van der Waals surface area contributed by atoms with E-state index in [1.807, 2.05) is 4.57 Å². The molecule has 0 spiro atoms. The molecule has 178 valence electrons. The van der Waals surface area contributed by atoms with Crippen molar-refractivity contribution in [1.82, 2.24) is 25.1 Å². The lowest BCUT2D eigenvalue weighted by Gasteiger charge is -2.07. The maximum Gasteiger partial charge on any atom is 0.220 e. The first-order valence-corrected chi connectivity index (χ1v) is 12.0. The second-order valence-corrected chi connectivity index (χ2v) is 9.01. The fraction of sp³-hybridized carbons (Fsp3) is 0.200. The van der Waals surface area contributed by atoms with Crippen LogP contribution in [0.2, 0.25) is 0 Å². The molecule has 0 radical (unpaired) electrons. The van der Waals surface area contributed by atoms with Gasteiger partial charge in [0.25, 0.3) is 0 Å². The molecule has 0 aliphatic rings. The smallest absolute Gasteiger partial charge is 0.220 e. The highest BCUT2D eigenvalue weighted by Gasteiger charge is 2.16. The van der Waals surface area contributed by atoms with Gasteiger partial charge >= 0.3 is 0 Å². The van der Waals surface area contributed by atoms with E-state index in [1.165, 1.54) is 36.0 Å². The summed E-state index contributed by atoms with van der Waals surface area (Å²) in [5, 5.41) is 12.4. The van der Waals surface area contributed by atoms with E-state index in [1.54, 1.807) is 36.6 Å². The number of rotatable bonds is 9. The Morgan fingerprint density at radius 2 is 1.89 bits per heavy atom. The zero-order chi connectivity index (χ0) is 24.2. The fourth-order valence-corrected chi connectivity index (χ4v) is 4.51. The first kappa shape index (κ1) is 23.0. The number of nitrogens with zero attached hydrogens (tertiary/aromatic N) is 4. The zero-order valence-corrected chi connectivity index (χ0v) is 19.4. The quantitative estimate of drug-likeness (QED) is 0.227. The Balaban J connectivity index is 1.30. The minimum Gasteiger partial charge on any atom is -0.467 e. The van der Waals surface area contributed by atoms with Crippen LogP contribution in [0.3, 0.4) is 0 Å². The fourth-order valence-electron chi connectivity index (χ4n) is 3.79. The third-order valence-corrected chi connectivity index (χ3v) is 6.41. The van der Waals surface area contributed by atoms with Crippen LogP contribution in [-0.4, -0.2) is 31.4 Å². The van der Waals surface area contributed by atoms with Crippen LogP contribution in [0.4, 0.5) is 8.78 Å². The summed E-state index contributed by atoms with van der Waals surface area (Å²) in [6.07, 6.45) is 2.58. The summed E-state index contributed by atoms with van der Waals surface area (Å²) >= 11 is 1.40. The highest BCUT2D eigenvalue weighted by atomic mass is 32.2. The highest BCUT2D eigenvalue weighted by molar-refractivity contribution is 7.99. The number of aromatic nitrogens is 4. The van der Waals surface area contributed by atoms with Gasteiger partial charge in [0.05, 0.1) is 18.3 Å². The van der Waals surface area contributed by atoms with Crippen LogP contribution in [0.25, 0.3) is 22.1 Å². The summed E-state index contributed by atoms with van der Waals surface area (Å²) in [6, 6.07) is 14.3. The third-order valence-electron chi connectivity index (χ3n) is 5.48. The second-order valence-electron chi connectivity index (χ2n) is 7.95. The lowest BCUT2D eigenvalue weighted by Crippen LogP contribution is -2.22. The average molecular weight is 494 g/mol. The van der Waals surface area contributed by atoms with Crippen LogP contribution in [-0.2, 0) is 17.9 Å². The highest BCUT2D eigenvalue weighted by Crippen LogP contribution is 2.29. The van der Waals surface area contributed by atoms with Crippen LogP contribution in [0, 0.1) is 11.6 Å². The molecule has 5 rings (SSSR count). The number of furan rings is 1. The Hall–Kier alpha value is -3.79. The van der Waals surface area contributed by atoms with Crippen molar-refractivity contribution >= 4 is 39.7 Å². The minimum atomic E-state index is -0.371. The molecule has 3 aromatic heterocycles. The largest absolute Gasteiger partial charge is 0.467 e. The van der Waals surface area contributed by atoms with Crippen molar-refractivity contribution in [3.8, 4) is 0 Å². The summed E-state index contributed by atoms with van der Waals surface area (Å²) in [7, 11) is 0. The molecule has 35 heavy (non-hydrogen) atoms. The summed E-state index contributed by atoms with van der Waals surface area (Å²) in [5.74, 6) is 0.599. The summed E-state index contributed by atoms with van der Waals surface area (Å²) in [6.45, 7) is 0.784. The van der Waals surface area contributed by atoms with Gasteiger partial charge in [-0.15, -0.1) is 10.2 Å². The van der Waals surface area contributed by atoms with Crippen molar-refractivity contribution < 1.29 is 18.0 Å². The number of hydrogen-bond donors (Lipinski definition) is 1. The Kier molecular flexibility index (Phi) is 6.71. The van der Waals surface area contributed by atoms with Crippen LogP contribution in [0.1, 0.15) is 24.2 Å². The molecule has 0 bridgehead atoms. The molecule has 0 aliphatic carbocycles. The van der Waals surface area contributed by atoms with Crippen molar-refractivity contribution in [2.24, 2.45) is 0 Å². The molecule has 7 nitrogen and oxygen atoms in total. The Bertz CT molecular complexity index is 1470. The van der Waals surface area contributed by atoms with Gasteiger partial charge < -0.3 is 14.3 Å². The number of carbonyl (C=O) groups excluding carboxylic acids is 1. The van der Waals surface area contributed by atoms with Crippen molar-refractivity contribution in [2.45, 2.75) is 31.1 Å². The molecule has 2 aromatic carbocycles. The maximum atomic E-state index is 14.0. The Labute approximate surface area is 203 Å². The van der Waals surface area contributed by atoms with Crippen LogP contribution in [0.5, 0.6) is 0 Å². The van der Waals surface area contributed by atoms with E-state index in [4.69, 9.17) is 4.42 Å². The van der Waals surface area contributed by atoms with E-state index in [9.17, 15) is 13.6 Å². The third kappa shape index (κ3) is 5.32. The molecule has 0 unspecified atom stereocenters. The van der Waals surface area contributed by atoms with Gasteiger partial charge in [-0.2, -0.15) is 0 Å². The van der Waals surface area contributed by atoms with Gasteiger partial charge in [-0.05, 0) is 54.4 Å². The number of benzene rings is 2. The Morgan fingerprint density at radius 3 is 2.69 bits per heavy atom. The number of nitrogens with one attached hydrogen (secondary N) is 1. The molecule has 0 saturated heterocycles. The molecule has 0 saturated carbocycles. The first-order valence-electron chi connectivity index (χ1n) is 11.1. The normalized spacial score (nSPS) is 11.4. The zero-order valence-electron chi connectivity index (χ0n) is 18.6. The van der Waals surface area contributed by atoms with Gasteiger partial charge in [-0.3, -0.25) is 4.79 Å². The molecule has 0 aliphatic heterocycles. The number of carbonyl (C=O) groups is 1. The summed E-state index contributed by atoms with van der Waals surface area (Å²) < 4.78 is 34.5. The number of thioether (sulfide) groups is 1. The standard InChI is InChI=1S/C25H21F2N5O2S/c26-17-7-5-16(6-8-17)15-32-21-10-9-18(27)13-20(21)23-24(32)29-25(31-30-23)35-12-2-4-22(33)28-14-19-3-1-11-34-19/h1,3,5-11,13H,2,4,12,14-15H2,(H,28,33). The lowest BCUT2D eigenvalue weighted by atomic mass is 10.2. The maximum absolute atomic E-state index is 14.0. The van der Waals surface area contributed by atoms with E-state index >= 15 is 0 Å². The second kappa shape index (κ2) is 10.2. The van der Waals surface area contributed by atoms with E-state index in [2.05, 4.69) is 20.5 Å². The number of halogens is 2. The molecule has 10 heteroatoms. The molecule has 3 heterocycles. The van der Waals surface area contributed by atoms with Gasteiger partial charge in [0, 0.05) is 24.1 Å². The topological polar surface area (TPSA) is 85.8 Å². The van der Waals surface area contributed by atoms with E-state index in [0.717, 1.165) is 11.1 Å². The number of fused-ring (bicyclic) bond motifs is 3. The SMILES string of the molecule is O=C(CCCSc1nnc2c3cc(F)ccc3n(Cc3ccc(F)cc3)c2n1)NCc1ccco1. The lowest BCUT2D eigenvalue weighted by molar-refractivity contribution is -0.121. The predicted molar refractivity (Wildman–Crippen MR) is 129 cm³/mol. The van der Waals surface area contributed by atoms with E-state index in [0.29, 0.717) is 59.2 Å². The molecular weight excluding hydrogens is 472 g/mol. The Morgan fingerprint density at radius 1 is 1.06 bits per heavy atom. The van der Waals surface area contributed by atoms with Gasteiger partial charge in [0.2, 0.25) is 11.1 Å². The van der Waals surface area contributed by atoms with Crippen LogP contribution in [0.15, 0.2) is 70.4 Å². The number of hydrogen-bond acceptors (Lipinski definition) is 6. The minimum absolute atomic E-state index is 0.0575. The van der Waals surface area contributed by atoms with Gasteiger partial charge in [0.1, 0.15) is 22.9 Å². The summed E-state index contributed by atoms with van der Waals surface area (Å²) in [5.41, 5.74) is 2.72. The van der Waals surface area contributed by atoms with E-state index < -0.39 is 0 Å². The molecule has 1 N–H and O–H groups in total. The van der Waals surface area contributed by atoms with Gasteiger partial charge in [-0.25, -0.2) is 13.8 Å². The predicted octanol–water partition coefficient (Wildman–Crippen LogP) is 5.09. The van der Waals surface area contributed by atoms with Crippen LogP contribution >= 0.6 is 11.8 Å². The molecule has 5 aromatic rings. The van der Waals surface area contributed by atoms with Gasteiger partial charge in [-0.1, -0.05) is 23.9 Å². The molecular formula is C25H21F2N5O2S. The number of amides is 1. The van der Waals surface area contributed by atoms with Crippen molar-refractivity contribution in [1.29, 1.82) is 0 Å². The van der Waals surface area contributed by atoms with E-state index in [-0.39, 0.29) is 17.5 Å². The average Bonchev–Trinajstić information content (AvgIpc) is 3.48. The van der Waals surface area contributed by atoms with Crippen LogP contribution < -0.4 is 5.32 Å². The summed E-state index contributed by atoms with van der Waals surface area (Å²) in [4.78, 5) is 16.7. The van der Waals surface area contributed by atoms with Crippen molar-refractivity contribution in [3.05, 3.63) is 83.8 Å².